The molecule has 0 radical (unpaired) electrons. The summed E-state index contributed by atoms with van der Waals surface area (Å²) >= 11 is 0. The van der Waals surface area contributed by atoms with Gasteiger partial charge in [0, 0.05) is 11.6 Å². The predicted molar refractivity (Wildman–Crippen MR) is 74.2 cm³/mol. The Hall–Kier alpha value is -2.45. The van der Waals surface area contributed by atoms with Crippen molar-refractivity contribution in [3.63, 3.8) is 0 Å². The Morgan fingerprint density at radius 3 is 2.53 bits per heavy atom. The Bertz CT molecular complexity index is 724. The van der Waals surface area contributed by atoms with Crippen LogP contribution in [0.5, 0.6) is 0 Å². The minimum Gasteiger partial charge on any atom is -0.257 e. The van der Waals surface area contributed by atoms with Gasteiger partial charge in [-0.2, -0.15) is 5.26 Å². The first kappa shape index (κ1) is 13.0. The molecule has 1 unspecified atom stereocenters. The second-order valence-corrected chi connectivity index (χ2v) is 5.69. The fraction of sp³-hybridized carbons (Fsp3) is 0. The quantitative estimate of drug-likeness (QED) is 0.804. The molecule has 2 aromatic rings. The summed E-state index contributed by atoms with van der Waals surface area (Å²) in [6.45, 7) is 0. The number of nitrogens with zero attached hydrogens (tertiary/aromatic N) is 3. The highest BCUT2D eigenvalue weighted by Crippen LogP contribution is 2.16. The Labute approximate surface area is 112 Å². The maximum absolute atomic E-state index is 12.7. The van der Waals surface area contributed by atoms with Gasteiger partial charge in [0.25, 0.3) is 0 Å². The minimum absolute atomic E-state index is 0.503. The molecule has 0 fully saturated rings. The van der Waals surface area contributed by atoms with Crippen molar-refractivity contribution in [2.75, 3.05) is 0 Å². The van der Waals surface area contributed by atoms with E-state index in [1.54, 1.807) is 54.9 Å². The fourth-order valence-electron chi connectivity index (χ4n) is 1.47. The van der Waals surface area contributed by atoms with Gasteiger partial charge in [-0.15, -0.1) is 4.36 Å². The summed E-state index contributed by atoms with van der Waals surface area (Å²) < 4.78 is 16.2. The van der Waals surface area contributed by atoms with Crippen LogP contribution in [0.25, 0.3) is 6.08 Å². The number of benzene rings is 1. The maximum atomic E-state index is 12.7. The smallest absolute Gasteiger partial charge is 0.215 e. The lowest BCUT2D eigenvalue weighted by molar-refractivity contribution is 0.682. The van der Waals surface area contributed by atoms with Crippen LogP contribution in [0.1, 0.15) is 5.69 Å². The second-order valence-electron chi connectivity index (χ2n) is 3.63. The summed E-state index contributed by atoms with van der Waals surface area (Å²) in [7, 11) is -2.87. The molecule has 0 aliphatic carbocycles. The van der Waals surface area contributed by atoms with Gasteiger partial charge in [-0.25, -0.2) is 4.21 Å². The van der Waals surface area contributed by atoms with Gasteiger partial charge in [-0.05, 0) is 30.3 Å². The Morgan fingerprint density at radius 2 is 1.89 bits per heavy atom. The van der Waals surface area contributed by atoms with Crippen molar-refractivity contribution in [3.8, 4) is 6.19 Å². The fourth-order valence-corrected chi connectivity index (χ4v) is 2.79. The van der Waals surface area contributed by atoms with E-state index in [0.29, 0.717) is 10.6 Å². The number of pyridine rings is 1. The van der Waals surface area contributed by atoms with Crippen molar-refractivity contribution in [2.45, 2.75) is 4.90 Å². The van der Waals surface area contributed by atoms with Gasteiger partial charge in [0.2, 0.25) is 6.19 Å². The molecule has 0 bridgehead atoms. The van der Waals surface area contributed by atoms with Crippen LogP contribution in [0.2, 0.25) is 0 Å². The van der Waals surface area contributed by atoms with E-state index in [4.69, 9.17) is 5.26 Å². The Morgan fingerprint density at radius 1 is 1.16 bits per heavy atom. The van der Waals surface area contributed by atoms with Crippen LogP contribution in [-0.2, 0) is 9.73 Å². The number of rotatable bonds is 3. The summed E-state index contributed by atoms with van der Waals surface area (Å²) in [5.74, 6) is 0. The van der Waals surface area contributed by atoms with Gasteiger partial charge >= 0.3 is 0 Å². The standard InChI is InChI=1S/C14H11N3OS/c15-12-17-19(18,14-7-2-1-3-8-14)11-9-13-6-4-5-10-16-13/h1-11H. The summed E-state index contributed by atoms with van der Waals surface area (Å²) in [5.41, 5.74) is 0.666. The number of aromatic nitrogens is 1. The third-order valence-electron chi connectivity index (χ3n) is 2.37. The van der Waals surface area contributed by atoms with E-state index in [-0.39, 0.29) is 0 Å². The third-order valence-corrected chi connectivity index (χ3v) is 4.17. The van der Waals surface area contributed by atoms with E-state index in [1.165, 1.54) is 5.41 Å². The van der Waals surface area contributed by atoms with E-state index in [1.807, 2.05) is 12.1 Å². The summed E-state index contributed by atoms with van der Waals surface area (Å²) in [4.78, 5) is 4.60. The van der Waals surface area contributed by atoms with Crippen molar-refractivity contribution in [3.05, 3.63) is 65.8 Å². The maximum Gasteiger partial charge on any atom is 0.215 e. The highest BCUT2D eigenvalue weighted by molar-refractivity contribution is 7.96. The molecule has 0 N–H and O–H groups in total. The van der Waals surface area contributed by atoms with Crippen LogP contribution >= 0.6 is 0 Å². The molecular weight excluding hydrogens is 258 g/mol. The normalized spacial score (nSPS) is 13.6. The predicted octanol–water partition coefficient (Wildman–Crippen LogP) is 3.06. The van der Waals surface area contributed by atoms with E-state index in [0.717, 1.165) is 0 Å². The molecular formula is C14H11N3OS. The van der Waals surface area contributed by atoms with Crippen molar-refractivity contribution < 1.29 is 4.21 Å². The molecule has 0 amide bonds. The zero-order valence-corrected chi connectivity index (χ0v) is 10.8. The molecule has 1 aromatic heterocycles. The molecule has 19 heavy (non-hydrogen) atoms. The van der Waals surface area contributed by atoms with Crippen LogP contribution < -0.4 is 0 Å². The van der Waals surface area contributed by atoms with Crippen LogP contribution in [0.15, 0.2) is 69.4 Å². The van der Waals surface area contributed by atoms with Crippen LogP contribution in [-0.4, -0.2) is 9.19 Å². The van der Waals surface area contributed by atoms with Gasteiger partial charge < -0.3 is 0 Å². The molecule has 94 valence electrons. The molecule has 1 aromatic carbocycles. The van der Waals surface area contributed by atoms with Crippen molar-refractivity contribution in [2.24, 2.45) is 4.36 Å². The average molecular weight is 269 g/mol. The molecule has 4 nitrogen and oxygen atoms in total. The van der Waals surface area contributed by atoms with Gasteiger partial charge in [0.1, 0.15) is 9.73 Å². The lowest BCUT2D eigenvalue weighted by Crippen LogP contribution is -1.95. The molecule has 0 saturated heterocycles. The number of nitriles is 1. The van der Waals surface area contributed by atoms with Crippen molar-refractivity contribution in [1.82, 2.24) is 4.98 Å². The van der Waals surface area contributed by atoms with Crippen LogP contribution in [0, 0.1) is 11.5 Å². The monoisotopic (exact) mass is 269 g/mol. The minimum atomic E-state index is -2.87. The van der Waals surface area contributed by atoms with E-state index in [9.17, 15) is 4.21 Å². The average Bonchev–Trinajstić information content (AvgIpc) is 2.48. The first-order chi connectivity index (χ1) is 9.24. The van der Waals surface area contributed by atoms with Crippen molar-refractivity contribution >= 4 is 15.8 Å². The highest BCUT2D eigenvalue weighted by atomic mass is 32.2. The summed E-state index contributed by atoms with van der Waals surface area (Å²) in [6, 6.07) is 14.1. The molecule has 0 aliphatic rings. The first-order valence-electron chi connectivity index (χ1n) is 5.54. The Kier molecular flexibility index (Phi) is 4.06. The molecule has 1 atom stereocenters. The topological polar surface area (TPSA) is 66.1 Å². The molecule has 5 heteroatoms. The SMILES string of the molecule is N#CN=S(=O)(C=Cc1ccccn1)c1ccccc1. The second kappa shape index (κ2) is 5.94. The third kappa shape index (κ3) is 3.27. The first-order valence-corrected chi connectivity index (χ1v) is 7.12. The van der Waals surface area contributed by atoms with Gasteiger partial charge in [0.05, 0.1) is 10.6 Å². The summed E-state index contributed by atoms with van der Waals surface area (Å²) in [6.07, 6.45) is 4.87. The molecule has 0 spiro atoms. The van der Waals surface area contributed by atoms with Crippen LogP contribution in [0.3, 0.4) is 0 Å². The Balaban J connectivity index is 2.44. The number of hydrogen-bond acceptors (Lipinski definition) is 4. The van der Waals surface area contributed by atoms with Crippen molar-refractivity contribution in [1.29, 1.82) is 5.26 Å². The molecule has 0 aliphatic heterocycles. The lowest BCUT2D eigenvalue weighted by Gasteiger charge is -2.02. The van der Waals surface area contributed by atoms with Gasteiger partial charge in [-0.3, -0.25) is 4.98 Å². The van der Waals surface area contributed by atoms with E-state index < -0.39 is 9.73 Å². The number of hydrogen-bond donors (Lipinski definition) is 0. The van der Waals surface area contributed by atoms with Gasteiger partial charge in [0.15, 0.2) is 0 Å². The van der Waals surface area contributed by atoms with Gasteiger partial charge in [-0.1, -0.05) is 24.3 Å². The summed E-state index contributed by atoms with van der Waals surface area (Å²) in [5, 5.41) is 10.1. The molecule has 1 heterocycles. The molecule has 2 rings (SSSR count). The lowest BCUT2D eigenvalue weighted by atomic mass is 10.3. The molecule has 0 saturated carbocycles. The zero-order chi connectivity index (χ0) is 13.6. The highest BCUT2D eigenvalue weighted by Gasteiger charge is 2.08. The van der Waals surface area contributed by atoms with Crippen LogP contribution in [0.4, 0.5) is 0 Å². The largest absolute Gasteiger partial charge is 0.257 e. The van der Waals surface area contributed by atoms with E-state index >= 15 is 0 Å². The van der Waals surface area contributed by atoms with E-state index in [2.05, 4.69) is 9.35 Å². The zero-order valence-electron chi connectivity index (χ0n) is 10.0.